The van der Waals surface area contributed by atoms with Gasteiger partial charge in [0.2, 0.25) is 0 Å². The third kappa shape index (κ3) is 3.57. The zero-order chi connectivity index (χ0) is 18.8. The van der Waals surface area contributed by atoms with Crippen LogP contribution in [0.4, 0.5) is 11.4 Å². The van der Waals surface area contributed by atoms with E-state index >= 15 is 0 Å². The van der Waals surface area contributed by atoms with Crippen molar-refractivity contribution in [2.75, 3.05) is 10.6 Å². The zero-order valence-electron chi connectivity index (χ0n) is 14.2. The summed E-state index contributed by atoms with van der Waals surface area (Å²) >= 11 is 5.28. The van der Waals surface area contributed by atoms with Crippen molar-refractivity contribution in [3.8, 4) is 0 Å². The lowest BCUT2D eigenvalue weighted by atomic mass is 10.1. The van der Waals surface area contributed by atoms with Crippen molar-refractivity contribution < 1.29 is 9.21 Å². The molecule has 3 rings (SSSR count). The average Bonchev–Trinajstić information content (AvgIpc) is 2.97. The van der Waals surface area contributed by atoms with Crippen LogP contribution in [0.1, 0.15) is 23.0 Å². The van der Waals surface area contributed by atoms with E-state index in [1.54, 1.807) is 16.9 Å². The summed E-state index contributed by atoms with van der Waals surface area (Å²) in [6.45, 7) is 4.32. The fraction of sp³-hybridized carbons (Fsp3) is 0.176. The molecule has 0 saturated heterocycles. The lowest BCUT2D eigenvalue weighted by molar-refractivity contribution is 0.0995. The van der Waals surface area contributed by atoms with Crippen LogP contribution in [0, 0.1) is 6.92 Å². The Kier molecular flexibility index (Phi) is 4.72. The topological polar surface area (TPSA) is 115 Å². The quantitative estimate of drug-likeness (QED) is 0.476. The number of nitrogens with zero attached hydrogens (tertiary/aromatic N) is 2. The van der Waals surface area contributed by atoms with Crippen LogP contribution in [0.15, 0.2) is 39.7 Å². The predicted molar refractivity (Wildman–Crippen MR) is 103 cm³/mol. The number of primary amides is 1. The smallest absolute Gasteiger partial charge is 0.336 e. The van der Waals surface area contributed by atoms with Crippen LogP contribution in [-0.4, -0.2) is 20.8 Å². The fourth-order valence-electron chi connectivity index (χ4n) is 2.54. The summed E-state index contributed by atoms with van der Waals surface area (Å²) in [5.74, 6) is -0.648. The van der Waals surface area contributed by atoms with E-state index in [9.17, 15) is 9.59 Å². The standard InChI is InChI=1S/C17H17N5O3S/c1-3-22-8-12(15(21-22)16(18)24)20-17(26)19-10-4-5-11-9(2)6-14(23)25-13(11)7-10/h4-8H,3H2,1-2H3,(H2,18,24)(H2,19,20,26). The minimum Gasteiger partial charge on any atom is -0.423 e. The Bertz CT molecular complexity index is 1070. The van der Waals surface area contributed by atoms with Gasteiger partial charge in [-0.05, 0) is 43.8 Å². The van der Waals surface area contributed by atoms with E-state index in [2.05, 4.69) is 15.7 Å². The van der Waals surface area contributed by atoms with Gasteiger partial charge in [0.1, 0.15) is 5.58 Å². The number of nitrogens with one attached hydrogen (secondary N) is 2. The number of aryl methyl sites for hydroxylation is 2. The van der Waals surface area contributed by atoms with Crippen LogP contribution in [0.25, 0.3) is 11.0 Å². The van der Waals surface area contributed by atoms with E-state index < -0.39 is 11.5 Å². The molecule has 4 N–H and O–H groups in total. The number of amides is 1. The molecule has 9 heteroatoms. The summed E-state index contributed by atoms with van der Waals surface area (Å²) in [5.41, 5.74) is 7.38. The molecule has 0 radical (unpaired) electrons. The molecule has 0 bridgehead atoms. The number of anilines is 2. The van der Waals surface area contributed by atoms with Crippen molar-refractivity contribution in [1.29, 1.82) is 0 Å². The van der Waals surface area contributed by atoms with E-state index in [-0.39, 0.29) is 10.8 Å². The first-order valence-electron chi connectivity index (χ1n) is 7.87. The number of carbonyl (C=O) groups excluding carboxylic acids is 1. The van der Waals surface area contributed by atoms with Gasteiger partial charge in [-0.3, -0.25) is 9.48 Å². The van der Waals surface area contributed by atoms with Crippen LogP contribution < -0.4 is 22.0 Å². The number of fused-ring (bicyclic) bond motifs is 1. The van der Waals surface area contributed by atoms with Crippen molar-refractivity contribution in [1.82, 2.24) is 9.78 Å². The monoisotopic (exact) mass is 371 g/mol. The number of thiocarbonyl (C=S) groups is 1. The predicted octanol–water partition coefficient (Wildman–Crippen LogP) is 2.23. The van der Waals surface area contributed by atoms with E-state index in [1.165, 1.54) is 6.07 Å². The number of rotatable bonds is 4. The molecule has 1 amide bonds. The summed E-state index contributed by atoms with van der Waals surface area (Å²) in [4.78, 5) is 23.0. The average molecular weight is 371 g/mol. The normalized spacial score (nSPS) is 10.7. The number of hydrogen-bond donors (Lipinski definition) is 3. The number of benzene rings is 1. The first-order valence-corrected chi connectivity index (χ1v) is 8.28. The molecule has 0 aliphatic rings. The van der Waals surface area contributed by atoms with Gasteiger partial charge in [0.15, 0.2) is 10.8 Å². The molecule has 0 unspecified atom stereocenters. The Morgan fingerprint density at radius 1 is 1.35 bits per heavy atom. The van der Waals surface area contributed by atoms with E-state index in [0.717, 1.165) is 10.9 Å². The maximum atomic E-state index is 11.5. The van der Waals surface area contributed by atoms with Gasteiger partial charge in [0.05, 0.1) is 5.69 Å². The lowest BCUT2D eigenvalue weighted by Gasteiger charge is -2.10. The highest BCUT2D eigenvalue weighted by molar-refractivity contribution is 7.80. The minimum atomic E-state index is -0.648. The van der Waals surface area contributed by atoms with Gasteiger partial charge in [-0.15, -0.1) is 0 Å². The molecule has 134 valence electrons. The molecule has 0 aliphatic heterocycles. The third-order valence-electron chi connectivity index (χ3n) is 3.78. The molecule has 0 fully saturated rings. The van der Waals surface area contributed by atoms with Crippen LogP contribution >= 0.6 is 12.2 Å². The molecule has 0 saturated carbocycles. The third-order valence-corrected chi connectivity index (χ3v) is 3.98. The van der Waals surface area contributed by atoms with Gasteiger partial charge in [0, 0.05) is 35.9 Å². The SMILES string of the molecule is CCn1cc(NC(=S)Nc2ccc3c(C)cc(=O)oc3c2)c(C(N)=O)n1. The van der Waals surface area contributed by atoms with Gasteiger partial charge >= 0.3 is 5.63 Å². The van der Waals surface area contributed by atoms with E-state index in [4.69, 9.17) is 22.4 Å². The van der Waals surface area contributed by atoms with Crippen molar-refractivity contribution in [2.45, 2.75) is 20.4 Å². The molecule has 26 heavy (non-hydrogen) atoms. The molecule has 0 atom stereocenters. The molecule has 2 aromatic heterocycles. The zero-order valence-corrected chi connectivity index (χ0v) is 15.0. The van der Waals surface area contributed by atoms with Crippen LogP contribution in [0.2, 0.25) is 0 Å². The molecule has 0 spiro atoms. The Morgan fingerprint density at radius 3 is 2.81 bits per heavy atom. The molecule has 2 heterocycles. The molecule has 1 aromatic carbocycles. The number of aromatic nitrogens is 2. The summed E-state index contributed by atoms with van der Waals surface area (Å²) in [7, 11) is 0. The summed E-state index contributed by atoms with van der Waals surface area (Å²) in [5, 5.41) is 11.1. The second-order valence-corrected chi connectivity index (χ2v) is 6.06. The maximum Gasteiger partial charge on any atom is 0.336 e. The maximum absolute atomic E-state index is 11.5. The summed E-state index contributed by atoms with van der Waals surface area (Å²) in [6.07, 6.45) is 1.65. The Balaban J connectivity index is 1.82. The number of nitrogens with two attached hydrogens (primary N) is 1. The summed E-state index contributed by atoms with van der Waals surface area (Å²) < 4.78 is 6.80. The first-order chi connectivity index (χ1) is 12.4. The highest BCUT2D eigenvalue weighted by Crippen LogP contribution is 2.21. The number of carbonyl (C=O) groups is 1. The Morgan fingerprint density at radius 2 is 2.12 bits per heavy atom. The van der Waals surface area contributed by atoms with Crippen LogP contribution in [0.3, 0.4) is 0 Å². The van der Waals surface area contributed by atoms with Crippen molar-refractivity contribution >= 4 is 45.6 Å². The summed E-state index contributed by atoms with van der Waals surface area (Å²) in [6, 6.07) is 6.77. The molecular weight excluding hydrogens is 354 g/mol. The van der Waals surface area contributed by atoms with Crippen molar-refractivity contribution in [3.63, 3.8) is 0 Å². The van der Waals surface area contributed by atoms with Gasteiger partial charge in [-0.2, -0.15) is 5.10 Å². The van der Waals surface area contributed by atoms with Gasteiger partial charge in [0.25, 0.3) is 5.91 Å². The number of hydrogen-bond acceptors (Lipinski definition) is 5. The second kappa shape index (κ2) is 6.96. The fourth-order valence-corrected chi connectivity index (χ4v) is 2.77. The molecule has 0 aliphatic carbocycles. The molecular formula is C17H17N5O3S. The van der Waals surface area contributed by atoms with E-state index in [0.29, 0.717) is 23.5 Å². The van der Waals surface area contributed by atoms with Gasteiger partial charge in [-0.1, -0.05) is 0 Å². The Labute approximate surface area is 154 Å². The van der Waals surface area contributed by atoms with Crippen LogP contribution in [-0.2, 0) is 6.54 Å². The van der Waals surface area contributed by atoms with Crippen LogP contribution in [0.5, 0.6) is 0 Å². The lowest BCUT2D eigenvalue weighted by Crippen LogP contribution is -2.21. The van der Waals surface area contributed by atoms with Crippen molar-refractivity contribution in [3.05, 3.63) is 52.1 Å². The molecule has 3 aromatic rings. The highest BCUT2D eigenvalue weighted by Gasteiger charge is 2.15. The molecule has 8 nitrogen and oxygen atoms in total. The van der Waals surface area contributed by atoms with E-state index in [1.807, 2.05) is 26.0 Å². The largest absolute Gasteiger partial charge is 0.423 e. The Hall–Kier alpha value is -3.20. The second-order valence-electron chi connectivity index (χ2n) is 5.65. The van der Waals surface area contributed by atoms with Crippen molar-refractivity contribution in [2.24, 2.45) is 5.73 Å². The highest BCUT2D eigenvalue weighted by atomic mass is 32.1. The first kappa shape index (κ1) is 17.6. The van der Waals surface area contributed by atoms with Gasteiger partial charge < -0.3 is 20.8 Å². The minimum absolute atomic E-state index is 0.108. The van der Waals surface area contributed by atoms with Gasteiger partial charge in [-0.25, -0.2) is 4.79 Å².